The van der Waals surface area contributed by atoms with E-state index in [4.69, 9.17) is 4.74 Å². The number of carbonyl (C=O) groups is 1. The summed E-state index contributed by atoms with van der Waals surface area (Å²) in [6, 6.07) is 3.97. The van der Waals surface area contributed by atoms with Crippen molar-refractivity contribution in [3.63, 3.8) is 0 Å². The summed E-state index contributed by atoms with van der Waals surface area (Å²) in [5, 5.41) is 0. The molecule has 2 nitrogen and oxygen atoms in total. The second kappa shape index (κ2) is 3.45. The zero-order valence-corrected chi connectivity index (χ0v) is 8.59. The van der Waals surface area contributed by atoms with E-state index in [2.05, 4.69) is 6.92 Å². The maximum Gasteiger partial charge on any atom is 0.163 e. The van der Waals surface area contributed by atoms with Gasteiger partial charge in [-0.25, -0.2) is 0 Å². The summed E-state index contributed by atoms with van der Waals surface area (Å²) in [5.41, 5.74) is 3.19. The monoisotopic (exact) mass is 190 g/mol. The molecule has 0 saturated heterocycles. The second-order valence-corrected chi connectivity index (χ2v) is 3.56. The van der Waals surface area contributed by atoms with Gasteiger partial charge in [0.1, 0.15) is 5.75 Å². The zero-order valence-electron chi connectivity index (χ0n) is 8.59. The topological polar surface area (TPSA) is 26.3 Å². The fourth-order valence-corrected chi connectivity index (χ4v) is 2.12. The van der Waals surface area contributed by atoms with Crippen LogP contribution in [0.3, 0.4) is 0 Å². The smallest absolute Gasteiger partial charge is 0.163 e. The molecular weight excluding hydrogens is 176 g/mol. The van der Waals surface area contributed by atoms with Gasteiger partial charge in [0.25, 0.3) is 0 Å². The Kier molecular flexibility index (Phi) is 2.28. The molecule has 0 heterocycles. The van der Waals surface area contributed by atoms with Crippen molar-refractivity contribution in [3.05, 3.63) is 28.8 Å². The number of methoxy groups -OCH3 is 1. The Morgan fingerprint density at radius 2 is 2.14 bits per heavy atom. The number of fused-ring (bicyclic) bond motifs is 1. The van der Waals surface area contributed by atoms with Crippen LogP contribution in [-0.2, 0) is 12.8 Å². The average molecular weight is 190 g/mol. The standard InChI is InChI=1S/C12H14O2/c1-3-8-4-7-11(14-2)9-5-6-10(13)12(8)9/h4,7H,3,5-6H2,1-2H3. The molecule has 2 heteroatoms. The molecule has 0 amide bonds. The highest BCUT2D eigenvalue weighted by atomic mass is 16.5. The number of hydrogen-bond acceptors (Lipinski definition) is 2. The molecule has 74 valence electrons. The third-order valence-corrected chi connectivity index (χ3v) is 2.84. The van der Waals surface area contributed by atoms with Gasteiger partial charge in [-0.05, 0) is 24.5 Å². The lowest BCUT2D eigenvalue weighted by Crippen LogP contribution is -1.99. The van der Waals surface area contributed by atoms with E-state index in [1.54, 1.807) is 7.11 Å². The lowest BCUT2D eigenvalue weighted by molar-refractivity contribution is 0.0994. The van der Waals surface area contributed by atoms with Gasteiger partial charge in [-0.1, -0.05) is 13.0 Å². The molecule has 1 aromatic rings. The predicted octanol–water partition coefficient (Wildman–Crippen LogP) is 2.39. The molecule has 0 unspecified atom stereocenters. The number of ketones is 1. The van der Waals surface area contributed by atoms with Crippen LogP contribution in [0.25, 0.3) is 0 Å². The lowest BCUT2D eigenvalue weighted by Gasteiger charge is -2.09. The van der Waals surface area contributed by atoms with Crippen molar-refractivity contribution in [1.82, 2.24) is 0 Å². The molecule has 1 aromatic carbocycles. The van der Waals surface area contributed by atoms with Crippen molar-refractivity contribution in [2.24, 2.45) is 0 Å². The molecule has 0 aliphatic heterocycles. The minimum Gasteiger partial charge on any atom is -0.496 e. The van der Waals surface area contributed by atoms with E-state index in [9.17, 15) is 4.79 Å². The summed E-state index contributed by atoms with van der Waals surface area (Å²) < 4.78 is 5.25. The Morgan fingerprint density at radius 3 is 2.79 bits per heavy atom. The Balaban J connectivity index is 2.62. The van der Waals surface area contributed by atoms with Crippen LogP contribution >= 0.6 is 0 Å². The molecule has 14 heavy (non-hydrogen) atoms. The molecule has 0 saturated carbocycles. The maximum absolute atomic E-state index is 11.7. The van der Waals surface area contributed by atoms with E-state index < -0.39 is 0 Å². The number of hydrogen-bond donors (Lipinski definition) is 0. The number of carbonyl (C=O) groups excluding carboxylic acids is 1. The molecule has 0 fully saturated rings. The summed E-state index contributed by atoms with van der Waals surface area (Å²) in [6.07, 6.45) is 2.39. The van der Waals surface area contributed by atoms with Gasteiger partial charge in [0.2, 0.25) is 0 Å². The molecule has 1 aliphatic carbocycles. The quantitative estimate of drug-likeness (QED) is 0.715. The van der Waals surface area contributed by atoms with Crippen LogP contribution in [0.1, 0.15) is 34.8 Å². The molecular formula is C12H14O2. The molecule has 0 bridgehead atoms. The van der Waals surface area contributed by atoms with Gasteiger partial charge in [-0.3, -0.25) is 4.79 Å². The number of rotatable bonds is 2. The molecule has 0 radical (unpaired) electrons. The first-order valence-corrected chi connectivity index (χ1v) is 4.99. The Labute approximate surface area is 83.9 Å². The summed E-state index contributed by atoms with van der Waals surface area (Å²) in [7, 11) is 1.66. The van der Waals surface area contributed by atoms with Gasteiger partial charge in [0, 0.05) is 17.5 Å². The van der Waals surface area contributed by atoms with E-state index in [1.165, 1.54) is 0 Å². The summed E-state index contributed by atoms with van der Waals surface area (Å²) in [5.74, 6) is 1.14. The molecule has 0 N–H and O–H groups in total. The van der Waals surface area contributed by atoms with Crippen molar-refractivity contribution in [2.75, 3.05) is 7.11 Å². The predicted molar refractivity (Wildman–Crippen MR) is 55.0 cm³/mol. The van der Waals surface area contributed by atoms with Crippen LogP contribution in [0.5, 0.6) is 5.75 Å². The fraction of sp³-hybridized carbons (Fsp3) is 0.417. The Hall–Kier alpha value is -1.31. The zero-order chi connectivity index (χ0) is 10.1. The normalized spacial score (nSPS) is 14.3. The second-order valence-electron chi connectivity index (χ2n) is 3.56. The SMILES string of the molecule is CCc1ccc(OC)c2c1C(=O)CC2. The van der Waals surface area contributed by atoms with Gasteiger partial charge in [0.15, 0.2) is 5.78 Å². The van der Waals surface area contributed by atoms with Crippen molar-refractivity contribution in [2.45, 2.75) is 26.2 Å². The van der Waals surface area contributed by atoms with Crippen molar-refractivity contribution >= 4 is 5.78 Å². The van der Waals surface area contributed by atoms with Gasteiger partial charge in [0.05, 0.1) is 7.11 Å². The molecule has 1 aliphatic rings. The van der Waals surface area contributed by atoms with Gasteiger partial charge < -0.3 is 4.74 Å². The number of ether oxygens (including phenoxy) is 1. The van der Waals surface area contributed by atoms with E-state index in [-0.39, 0.29) is 5.78 Å². The van der Waals surface area contributed by atoms with E-state index >= 15 is 0 Å². The van der Waals surface area contributed by atoms with Crippen LogP contribution in [0.2, 0.25) is 0 Å². The lowest BCUT2D eigenvalue weighted by atomic mass is 10.0. The van der Waals surface area contributed by atoms with Crippen molar-refractivity contribution in [1.29, 1.82) is 0 Å². The fourth-order valence-electron chi connectivity index (χ4n) is 2.12. The van der Waals surface area contributed by atoms with E-state index in [0.29, 0.717) is 6.42 Å². The maximum atomic E-state index is 11.7. The molecule has 0 aromatic heterocycles. The first kappa shape index (κ1) is 9.25. The van der Waals surface area contributed by atoms with E-state index in [1.807, 2.05) is 12.1 Å². The van der Waals surface area contributed by atoms with Crippen LogP contribution in [-0.4, -0.2) is 12.9 Å². The summed E-state index contributed by atoms with van der Waals surface area (Å²) >= 11 is 0. The Bertz CT molecular complexity index is 380. The van der Waals surface area contributed by atoms with Crippen LogP contribution in [0.4, 0.5) is 0 Å². The minimum atomic E-state index is 0.274. The van der Waals surface area contributed by atoms with Gasteiger partial charge in [-0.15, -0.1) is 0 Å². The molecule has 0 atom stereocenters. The van der Waals surface area contributed by atoms with E-state index in [0.717, 1.165) is 35.3 Å². The summed E-state index contributed by atoms with van der Waals surface area (Å²) in [4.78, 5) is 11.7. The third kappa shape index (κ3) is 1.22. The number of benzene rings is 1. The number of Topliss-reactive ketones (excluding diaryl/α,β-unsaturated/α-hetero) is 1. The number of aryl methyl sites for hydroxylation is 1. The van der Waals surface area contributed by atoms with Crippen LogP contribution in [0, 0.1) is 0 Å². The van der Waals surface area contributed by atoms with Gasteiger partial charge in [-0.2, -0.15) is 0 Å². The Morgan fingerprint density at radius 1 is 1.36 bits per heavy atom. The van der Waals surface area contributed by atoms with Crippen molar-refractivity contribution in [3.8, 4) is 5.75 Å². The first-order chi connectivity index (χ1) is 6.77. The third-order valence-electron chi connectivity index (χ3n) is 2.84. The van der Waals surface area contributed by atoms with Crippen LogP contribution in [0.15, 0.2) is 12.1 Å². The largest absolute Gasteiger partial charge is 0.496 e. The molecule has 2 rings (SSSR count). The highest BCUT2D eigenvalue weighted by Crippen LogP contribution is 2.33. The van der Waals surface area contributed by atoms with Gasteiger partial charge >= 0.3 is 0 Å². The van der Waals surface area contributed by atoms with Crippen LogP contribution < -0.4 is 4.74 Å². The average Bonchev–Trinajstić information content (AvgIpc) is 2.60. The summed E-state index contributed by atoms with van der Waals surface area (Å²) in [6.45, 7) is 2.08. The minimum absolute atomic E-state index is 0.274. The van der Waals surface area contributed by atoms with Crippen molar-refractivity contribution < 1.29 is 9.53 Å². The highest BCUT2D eigenvalue weighted by Gasteiger charge is 2.25. The molecule has 0 spiro atoms. The first-order valence-electron chi connectivity index (χ1n) is 4.99. The highest BCUT2D eigenvalue weighted by molar-refractivity contribution is 6.02.